The summed E-state index contributed by atoms with van der Waals surface area (Å²) in [5.74, 6) is 0.474. The number of hydrogen-bond acceptors (Lipinski definition) is 4. The number of halogens is 3. The lowest BCUT2D eigenvalue weighted by atomic mass is 9.88. The topological polar surface area (TPSA) is 57.7 Å². The molecular formula is C21H23F3N2O3S2. The molecule has 1 aliphatic heterocycles. The summed E-state index contributed by atoms with van der Waals surface area (Å²) in [5, 5.41) is 1.88. The molecule has 0 radical (unpaired) electrons. The number of carbonyl (C=O) groups excluding carboxylic acids is 1. The zero-order valence-corrected chi connectivity index (χ0v) is 18.6. The third kappa shape index (κ3) is 4.25. The van der Waals surface area contributed by atoms with Gasteiger partial charge in [0.2, 0.25) is 10.0 Å². The van der Waals surface area contributed by atoms with Crippen molar-refractivity contribution >= 4 is 27.3 Å². The lowest BCUT2D eigenvalue weighted by molar-refractivity contribution is -0.139. The van der Waals surface area contributed by atoms with Crippen LogP contribution in [0.2, 0.25) is 0 Å². The summed E-state index contributed by atoms with van der Waals surface area (Å²) in [6.07, 6.45) is -1.90. The van der Waals surface area contributed by atoms with Crippen molar-refractivity contribution in [3.05, 3.63) is 51.2 Å². The summed E-state index contributed by atoms with van der Waals surface area (Å²) in [6, 6.07) is 4.20. The SMILES string of the molecule is C[C@@H]1CCc2c(C(=O)N3CCN(S(=O)(=O)c4ccccc4C(F)(F)F)CC3)csc2C1. The minimum atomic E-state index is -4.77. The summed E-state index contributed by atoms with van der Waals surface area (Å²) in [5.41, 5.74) is 0.612. The number of piperazine rings is 1. The van der Waals surface area contributed by atoms with E-state index in [4.69, 9.17) is 0 Å². The lowest BCUT2D eigenvalue weighted by Gasteiger charge is -2.34. The Bertz CT molecular complexity index is 1090. The zero-order chi connectivity index (χ0) is 22.4. The second-order valence-electron chi connectivity index (χ2n) is 8.09. The molecule has 31 heavy (non-hydrogen) atoms. The van der Waals surface area contributed by atoms with Gasteiger partial charge in [-0.25, -0.2) is 8.42 Å². The number of fused-ring (bicyclic) bond motifs is 1. The maximum absolute atomic E-state index is 13.3. The molecule has 1 atom stereocenters. The lowest BCUT2D eigenvalue weighted by Crippen LogP contribution is -2.50. The van der Waals surface area contributed by atoms with Crippen molar-refractivity contribution in [1.82, 2.24) is 9.21 Å². The number of thiophene rings is 1. The van der Waals surface area contributed by atoms with Crippen molar-refractivity contribution in [2.24, 2.45) is 5.92 Å². The third-order valence-electron chi connectivity index (χ3n) is 5.97. The van der Waals surface area contributed by atoms with Gasteiger partial charge in [0.25, 0.3) is 5.91 Å². The average molecular weight is 473 g/mol. The predicted molar refractivity (Wildman–Crippen MR) is 112 cm³/mol. The van der Waals surface area contributed by atoms with Gasteiger partial charge in [-0.05, 0) is 42.9 Å². The summed E-state index contributed by atoms with van der Waals surface area (Å²) < 4.78 is 66.7. The number of benzene rings is 1. The number of rotatable bonds is 3. The molecule has 0 bridgehead atoms. The van der Waals surface area contributed by atoms with E-state index in [1.165, 1.54) is 17.0 Å². The minimum absolute atomic E-state index is 0.0381. The average Bonchev–Trinajstić information content (AvgIpc) is 3.15. The monoisotopic (exact) mass is 472 g/mol. The zero-order valence-electron chi connectivity index (χ0n) is 17.0. The molecule has 0 unspecified atom stereocenters. The Kier molecular flexibility index (Phi) is 5.91. The van der Waals surface area contributed by atoms with Gasteiger partial charge < -0.3 is 4.90 Å². The van der Waals surface area contributed by atoms with E-state index < -0.39 is 26.7 Å². The molecule has 1 saturated heterocycles. The summed E-state index contributed by atoms with van der Waals surface area (Å²) >= 11 is 1.59. The first-order chi connectivity index (χ1) is 14.6. The van der Waals surface area contributed by atoms with Crippen LogP contribution in [-0.2, 0) is 29.0 Å². The largest absolute Gasteiger partial charge is 0.417 e. The van der Waals surface area contributed by atoms with Crippen LogP contribution in [0.5, 0.6) is 0 Å². The van der Waals surface area contributed by atoms with E-state index in [2.05, 4.69) is 6.92 Å². The highest BCUT2D eigenvalue weighted by atomic mass is 32.2. The molecule has 168 valence electrons. The van der Waals surface area contributed by atoms with E-state index >= 15 is 0 Å². The molecule has 1 aromatic carbocycles. The van der Waals surface area contributed by atoms with Gasteiger partial charge in [-0.2, -0.15) is 17.5 Å². The smallest absolute Gasteiger partial charge is 0.336 e. The van der Waals surface area contributed by atoms with Crippen LogP contribution in [0.15, 0.2) is 34.5 Å². The van der Waals surface area contributed by atoms with E-state index in [9.17, 15) is 26.4 Å². The second-order valence-corrected chi connectivity index (χ2v) is 11.0. The van der Waals surface area contributed by atoms with Gasteiger partial charge in [0, 0.05) is 36.4 Å². The molecule has 2 heterocycles. The Hall–Kier alpha value is -1.91. The fraction of sp³-hybridized carbons (Fsp3) is 0.476. The number of nitrogens with zero attached hydrogens (tertiary/aromatic N) is 2. The van der Waals surface area contributed by atoms with Crippen molar-refractivity contribution in [1.29, 1.82) is 0 Å². The summed E-state index contributed by atoms with van der Waals surface area (Å²) in [4.78, 5) is 15.1. The van der Waals surface area contributed by atoms with Crippen molar-refractivity contribution in [2.75, 3.05) is 26.2 Å². The molecule has 1 fully saturated rings. The van der Waals surface area contributed by atoms with Gasteiger partial charge in [0.15, 0.2) is 0 Å². The third-order valence-corrected chi connectivity index (χ3v) is 8.98. The highest BCUT2D eigenvalue weighted by Gasteiger charge is 2.40. The van der Waals surface area contributed by atoms with Crippen molar-refractivity contribution in [3.63, 3.8) is 0 Å². The van der Waals surface area contributed by atoms with Crippen LogP contribution in [0.1, 0.15) is 39.7 Å². The van der Waals surface area contributed by atoms with Gasteiger partial charge in [0.1, 0.15) is 0 Å². The standard InChI is InChI=1S/C21H23F3N2O3S2/c1-14-6-7-15-16(13-30-18(15)12-14)20(27)25-8-10-26(11-9-25)31(28,29)19-5-3-2-4-17(19)21(22,23)24/h2-5,13-14H,6-12H2,1H3/t14-/m1/s1. The molecule has 2 aromatic rings. The minimum Gasteiger partial charge on any atom is -0.336 e. The summed E-state index contributed by atoms with van der Waals surface area (Å²) in [7, 11) is -4.32. The van der Waals surface area contributed by atoms with Crippen LogP contribution < -0.4 is 0 Å². The fourth-order valence-electron chi connectivity index (χ4n) is 4.22. The Morgan fingerprint density at radius 3 is 2.48 bits per heavy atom. The van der Waals surface area contributed by atoms with Crippen LogP contribution in [0, 0.1) is 5.92 Å². The fourth-order valence-corrected chi connectivity index (χ4v) is 7.10. The van der Waals surface area contributed by atoms with Gasteiger partial charge in [-0.3, -0.25) is 4.79 Å². The quantitative estimate of drug-likeness (QED) is 0.678. The van der Waals surface area contributed by atoms with Gasteiger partial charge in [-0.15, -0.1) is 11.3 Å². The molecule has 2 aliphatic rings. The van der Waals surface area contributed by atoms with Crippen LogP contribution in [-0.4, -0.2) is 49.7 Å². The molecule has 4 rings (SSSR count). The first kappa shape index (κ1) is 22.3. The van der Waals surface area contributed by atoms with Crippen LogP contribution >= 0.6 is 11.3 Å². The maximum Gasteiger partial charge on any atom is 0.417 e. The van der Waals surface area contributed by atoms with Gasteiger partial charge in [-0.1, -0.05) is 19.1 Å². The molecule has 1 aromatic heterocycles. The highest BCUT2D eigenvalue weighted by molar-refractivity contribution is 7.89. The Morgan fingerprint density at radius 2 is 1.81 bits per heavy atom. The van der Waals surface area contributed by atoms with Crippen LogP contribution in [0.3, 0.4) is 0 Å². The Morgan fingerprint density at radius 1 is 1.13 bits per heavy atom. The van der Waals surface area contributed by atoms with E-state index in [1.54, 1.807) is 16.2 Å². The molecule has 10 heteroatoms. The predicted octanol–water partition coefficient (Wildman–Crippen LogP) is 4.04. The summed E-state index contributed by atoms with van der Waals surface area (Å²) in [6.45, 7) is 2.41. The molecule has 0 saturated carbocycles. The molecule has 0 spiro atoms. The van der Waals surface area contributed by atoms with Crippen molar-refractivity contribution in [3.8, 4) is 0 Å². The molecular weight excluding hydrogens is 449 g/mol. The maximum atomic E-state index is 13.3. The van der Waals surface area contributed by atoms with Gasteiger partial charge >= 0.3 is 6.18 Å². The first-order valence-corrected chi connectivity index (χ1v) is 12.5. The number of alkyl halides is 3. The molecule has 5 nitrogen and oxygen atoms in total. The second kappa shape index (κ2) is 8.22. The molecule has 0 N–H and O–H groups in total. The number of amides is 1. The number of hydrogen-bond donors (Lipinski definition) is 0. The van der Waals surface area contributed by atoms with Crippen molar-refractivity contribution < 1.29 is 26.4 Å². The highest BCUT2D eigenvalue weighted by Crippen LogP contribution is 2.36. The van der Waals surface area contributed by atoms with Crippen molar-refractivity contribution in [2.45, 2.75) is 37.3 Å². The van der Waals surface area contributed by atoms with Crippen LogP contribution in [0.4, 0.5) is 13.2 Å². The first-order valence-electron chi connectivity index (χ1n) is 10.1. The van der Waals surface area contributed by atoms with Gasteiger partial charge in [0.05, 0.1) is 16.0 Å². The van der Waals surface area contributed by atoms with E-state index in [1.807, 2.05) is 5.38 Å². The van der Waals surface area contributed by atoms with E-state index in [0.29, 0.717) is 11.5 Å². The molecule has 1 aliphatic carbocycles. The van der Waals surface area contributed by atoms with E-state index in [-0.39, 0.29) is 32.1 Å². The van der Waals surface area contributed by atoms with Crippen LogP contribution in [0.25, 0.3) is 0 Å². The normalized spacial score (nSPS) is 20.5. The Labute approximate surface area is 183 Å². The molecule has 1 amide bonds. The van der Waals surface area contributed by atoms with E-state index in [0.717, 1.165) is 41.3 Å². The number of carbonyl (C=O) groups is 1. The Balaban J connectivity index is 1.49. The number of sulfonamides is 1.